The average Bonchev–Trinajstić information content (AvgIpc) is 2.85. The van der Waals surface area contributed by atoms with Gasteiger partial charge >= 0.3 is 5.69 Å². The van der Waals surface area contributed by atoms with Gasteiger partial charge in [-0.1, -0.05) is 12.1 Å². The molecule has 0 radical (unpaired) electrons. The maximum Gasteiger partial charge on any atom is 0.363 e. The molecule has 3 rings (SSSR count). The summed E-state index contributed by atoms with van der Waals surface area (Å²) in [6.45, 7) is 2.41. The van der Waals surface area contributed by atoms with E-state index in [-0.39, 0.29) is 0 Å². The Morgan fingerprint density at radius 3 is 2.95 bits per heavy atom. The van der Waals surface area contributed by atoms with Crippen LogP contribution in [-0.4, -0.2) is 31.7 Å². The highest BCUT2D eigenvalue weighted by atomic mass is 16.1. The molecular weight excluding hydrogens is 256 g/mol. The van der Waals surface area contributed by atoms with Gasteiger partial charge in [-0.25, -0.2) is 14.9 Å². The minimum atomic E-state index is -0.457. The number of hydrogen-bond acceptors (Lipinski definition) is 5. The molecule has 3 aromatic rings. The summed E-state index contributed by atoms with van der Waals surface area (Å²) in [6.07, 6.45) is 0.711. The average molecular weight is 270 g/mol. The smallest absolute Gasteiger partial charge is 0.363 e. The first-order chi connectivity index (χ1) is 9.72. The zero-order chi connectivity index (χ0) is 13.9. The van der Waals surface area contributed by atoms with Crippen molar-refractivity contribution in [2.24, 2.45) is 0 Å². The third-order valence-electron chi connectivity index (χ3n) is 2.97. The van der Waals surface area contributed by atoms with E-state index in [1.54, 1.807) is 6.92 Å². The van der Waals surface area contributed by atoms with E-state index in [0.717, 1.165) is 16.9 Å². The number of hydrogen-bond donors (Lipinski definition) is 3. The van der Waals surface area contributed by atoms with E-state index in [0.29, 0.717) is 24.5 Å². The van der Waals surface area contributed by atoms with E-state index in [1.165, 1.54) is 0 Å². The Bertz CT molecular complexity index is 758. The number of aromatic amines is 2. The fourth-order valence-corrected chi connectivity index (χ4v) is 1.98. The second-order valence-electron chi connectivity index (χ2n) is 4.45. The van der Waals surface area contributed by atoms with E-state index in [1.807, 2.05) is 24.3 Å². The summed E-state index contributed by atoms with van der Waals surface area (Å²) in [5, 5.41) is 9.24. The number of para-hydroxylation sites is 2. The first-order valence-corrected chi connectivity index (χ1v) is 6.33. The summed E-state index contributed by atoms with van der Waals surface area (Å²) in [7, 11) is 0. The van der Waals surface area contributed by atoms with Crippen LogP contribution in [0.3, 0.4) is 0 Å². The number of benzene rings is 1. The standard InChI is InChI=1S/C13H14N6O/c1-8-12(17-13(20)19-18-8)14-7-6-11-15-9-4-2-3-5-10(9)16-11/h2-5H,6-7H2,1H3,(H,15,16)(H2,14,17,19,20). The minimum absolute atomic E-state index is 0.457. The molecule has 0 saturated heterocycles. The second-order valence-corrected chi connectivity index (χ2v) is 4.45. The lowest BCUT2D eigenvalue weighted by Gasteiger charge is -2.05. The van der Waals surface area contributed by atoms with Crippen LogP contribution >= 0.6 is 0 Å². The molecule has 0 atom stereocenters. The fourth-order valence-electron chi connectivity index (χ4n) is 1.98. The van der Waals surface area contributed by atoms with Crippen molar-refractivity contribution in [3.05, 3.63) is 46.3 Å². The van der Waals surface area contributed by atoms with Crippen molar-refractivity contribution < 1.29 is 0 Å². The fraction of sp³-hybridized carbons (Fsp3) is 0.231. The lowest BCUT2D eigenvalue weighted by molar-refractivity contribution is 0.862. The van der Waals surface area contributed by atoms with Crippen LogP contribution in [-0.2, 0) is 6.42 Å². The molecule has 0 fully saturated rings. The molecular formula is C13H14N6O. The van der Waals surface area contributed by atoms with Crippen LogP contribution in [0.1, 0.15) is 11.5 Å². The van der Waals surface area contributed by atoms with Gasteiger partial charge in [-0.3, -0.25) is 0 Å². The van der Waals surface area contributed by atoms with Crippen LogP contribution in [0.4, 0.5) is 5.82 Å². The van der Waals surface area contributed by atoms with E-state index >= 15 is 0 Å². The van der Waals surface area contributed by atoms with Gasteiger partial charge in [0, 0.05) is 13.0 Å². The van der Waals surface area contributed by atoms with Crippen molar-refractivity contribution in [1.82, 2.24) is 25.1 Å². The molecule has 0 amide bonds. The van der Waals surface area contributed by atoms with Gasteiger partial charge in [0.2, 0.25) is 0 Å². The number of imidazole rings is 1. The summed E-state index contributed by atoms with van der Waals surface area (Å²) in [5.74, 6) is 1.40. The Balaban J connectivity index is 1.67. The van der Waals surface area contributed by atoms with Crippen LogP contribution in [0.5, 0.6) is 0 Å². The monoisotopic (exact) mass is 270 g/mol. The molecule has 0 spiro atoms. The highest BCUT2D eigenvalue weighted by Gasteiger charge is 2.04. The Labute approximate surface area is 114 Å². The van der Waals surface area contributed by atoms with Crippen molar-refractivity contribution in [3.8, 4) is 0 Å². The van der Waals surface area contributed by atoms with Crippen molar-refractivity contribution in [2.45, 2.75) is 13.3 Å². The molecule has 7 nitrogen and oxygen atoms in total. The molecule has 7 heteroatoms. The maximum absolute atomic E-state index is 11.1. The van der Waals surface area contributed by atoms with Crippen molar-refractivity contribution in [1.29, 1.82) is 0 Å². The SMILES string of the molecule is Cc1n[nH]c(=O)nc1NCCc1nc2ccccc2[nH]1. The number of H-pyrrole nitrogens is 2. The number of aromatic nitrogens is 5. The van der Waals surface area contributed by atoms with Gasteiger partial charge in [-0.15, -0.1) is 0 Å². The molecule has 0 saturated carbocycles. The lowest BCUT2D eigenvalue weighted by atomic mass is 10.3. The summed E-state index contributed by atoms with van der Waals surface area (Å²) in [6, 6.07) is 7.89. The Morgan fingerprint density at radius 1 is 1.25 bits per heavy atom. The van der Waals surface area contributed by atoms with Gasteiger partial charge in [-0.2, -0.15) is 10.1 Å². The van der Waals surface area contributed by atoms with Gasteiger partial charge in [0.05, 0.1) is 11.0 Å². The van der Waals surface area contributed by atoms with Gasteiger partial charge < -0.3 is 10.3 Å². The number of anilines is 1. The number of nitrogens with one attached hydrogen (secondary N) is 3. The van der Waals surface area contributed by atoms with Crippen LogP contribution in [0, 0.1) is 6.92 Å². The Hall–Kier alpha value is -2.70. The minimum Gasteiger partial charge on any atom is -0.368 e. The van der Waals surface area contributed by atoms with Crippen LogP contribution in [0.15, 0.2) is 29.1 Å². The van der Waals surface area contributed by atoms with Gasteiger partial charge in [0.25, 0.3) is 0 Å². The quantitative estimate of drug-likeness (QED) is 0.657. The third kappa shape index (κ3) is 2.51. The first kappa shape index (κ1) is 12.3. The molecule has 3 N–H and O–H groups in total. The zero-order valence-corrected chi connectivity index (χ0v) is 11.0. The lowest BCUT2D eigenvalue weighted by Crippen LogP contribution is -2.18. The summed E-state index contributed by atoms with van der Waals surface area (Å²) >= 11 is 0. The van der Waals surface area contributed by atoms with Crippen molar-refractivity contribution in [2.75, 3.05) is 11.9 Å². The Kier molecular flexibility index (Phi) is 3.16. The molecule has 0 aliphatic rings. The molecule has 0 aliphatic carbocycles. The summed E-state index contributed by atoms with van der Waals surface area (Å²) in [5.41, 5.74) is 2.18. The van der Waals surface area contributed by atoms with Gasteiger partial charge in [0.1, 0.15) is 11.5 Å². The molecule has 0 bridgehead atoms. The first-order valence-electron chi connectivity index (χ1n) is 6.33. The number of rotatable bonds is 4. The molecule has 0 aliphatic heterocycles. The molecule has 1 aromatic carbocycles. The predicted molar refractivity (Wildman–Crippen MR) is 75.7 cm³/mol. The summed E-state index contributed by atoms with van der Waals surface area (Å²) < 4.78 is 0. The van der Waals surface area contributed by atoms with E-state index < -0.39 is 5.69 Å². The Morgan fingerprint density at radius 2 is 2.10 bits per heavy atom. The number of fused-ring (bicyclic) bond motifs is 1. The molecule has 2 heterocycles. The van der Waals surface area contributed by atoms with E-state index in [4.69, 9.17) is 0 Å². The molecule has 20 heavy (non-hydrogen) atoms. The second kappa shape index (κ2) is 5.12. The zero-order valence-electron chi connectivity index (χ0n) is 11.0. The van der Waals surface area contributed by atoms with Gasteiger partial charge in [-0.05, 0) is 19.1 Å². The molecule has 0 unspecified atom stereocenters. The number of nitrogens with zero attached hydrogens (tertiary/aromatic N) is 3. The largest absolute Gasteiger partial charge is 0.368 e. The maximum atomic E-state index is 11.1. The molecule has 2 aromatic heterocycles. The highest BCUT2D eigenvalue weighted by molar-refractivity contribution is 5.74. The summed E-state index contributed by atoms with van der Waals surface area (Å²) in [4.78, 5) is 22.7. The number of aryl methyl sites for hydroxylation is 1. The van der Waals surface area contributed by atoms with Gasteiger partial charge in [0.15, 0.2) is 5.82 Å². The topological polar surface area (TPSA) is 99.3 Å². The predicted octanol–water partition coefficient (Wildman–Crippen LogP) is 1.00. The van der Waals surface area contributed by atoms with Crippen LogP contribution in [0.2, 0.25) is 0 Å². The van der Waals surface area contributed by atoms with E-state index in [2.05, 4.69) is 30.5 Å². The highest BCUT2D eigenvalue weighted by Crippen LogP contribution is 2.11. The van der Waals surface area contributed by atoms with Crippen LogP contribution < -0.4 is 11.0 Å². The van der Waals surface area contributed by atoms with Crippen molar-refractivity contribution >= 4 is 16.9 Å². The van der Waals surface area contributed by atoms with E-state index in [9.17, 15) is 4.79 Å². The normalized spacial score (nSPS) is 10.8. The molecule has 102 valence electrons. The van der Waals surface area contributed by atoms with Crippen LogP contribution in [0.25, 0.3) is 11.0 Å². The van der Waals surface area contributed by atoms with Crippen molar-refractivity contribution in [3.63, 3.8) is 0 Å². The third-order valence-corrected chi connectivity index (χ3v) is 2.97.